The number of thiocarbonyl (C=S) groups is 1. The van der Waals surface area contributed by atoms with E-state index in [4.69, 9.17) is 18.0 Å². The molecule has 94 valence electrons. The lowest BCUT2D eigenvalue weighted by atomic mass is 10.3. The van der Waals surface area contributed by atoms with E-state index in [1.54, 1.807) is 17.5 Å². The maximum atomic E-state index is 5.52. The minimum atomic E-state index is 0.354. The molecule has 0 radical (unpaired) electrons. The van der Waals surface area contributed by atoms with Gasteiger partial charge in [-0.25, -0.2) is 9.97 Å². The highest BCUT2D eigenvalue weighted by molar-refractivity contribution is 7.80. The number of nitrogens with one attached hydrogen (secondary N) is 1. The lowest BCUT2D eigenvalue weighted by Crippen LogP contribution is -2.09. The van der Waals surface area contributed by atoms with E-state index in [1.807, 2.05) is 12.1 Å². The molecule has 0 unspecified atom stereocenters. The van der Waals surface area contributed by atoms with Crippen LogP contribution in [0.4, 0.5) is 10.9 Å². The van der Waals surface area contributed by atoms with Crippen molar-refractivity contribution in [1.29, 1.82) is 0 Å². The van der Waals surface area contributed by atoms with E-state index >= 15 is 0 Å². The molecular weight excluding hydrogens is 264 g/mol. The molecule has 0 amide bonds. The Bertz CT molecular complexity index is 560. The molecule has 6 heteroatoms. The van der Waals surface area contributed by atoms with Gasteiger partial charge >= 0.3 is 0 Å². The van der Waals surface area contributed by atoms with Crippen molar-refractivity contribution >= 4 is 39.5 Å². The highest BCUT2D eigenvalue weighted by atomic mass is 32.1. The topological polar surface area (TPSA) is 63.8 Å². The summed E-state index contributed by atoms with van der Waals surface area (Å²) >= 11 is 6.51. The number of rotatable bonds is 4. The fraction of sp³-hybridized carbons (Fsp3) is 0.250. The minimum absolute atomic E-state index is 0.354. The summed E-state index contributed by atoms with van der Waals surface area (Å²) in [7, 11) is 0. The molecule has 2 heterocycles. The van der Waals surface area contributed by atoms with Crippen LogP contribution >= 0.6 is 23.6 Å². The van der Waals surface area contributed by atoms with E-state index in [1.165, 1.54) is 4.88 Å². The Kier molecular flexibility index (Phi) is 3.88. The Hall–Kier alpha value is -1.53. The summed E-state index contributed by atoms with van der Waals surface area (Å²) in [6.45, 7) is 4.17. The number of hydrogen-bond acceptors (Lipinski definition) is 5. The number of anilines is 2. The maximum Gasteiger partial charge on any atom is 0.188 e. The van der Waals surface area contributed by atoms with E-state index in [0.717, 1.165) is 28.6 Å². The normalized spacial score (nSPS) is 10.3. The van der Waals surface area contributed by atoms with Gasteiger partial charge in [-0.2, -0.15) is 0 Å². The summed E-state index contributed by atoms with van der Waals surface area (Å²) in [6, 6.07) is 3.69. The molecule has 2 aromatic heterocycles. The third kappa shape index (κ3) is 2.83. The van der Waals surface area contributed by atoms with Crippen LogP contribution in [0, 0.1) is 6.92 Å². The second kappa shape index (κ2) is 5.41. The molecule has 0 aromatic carbocycles. The van der Waals surface area contributed by atoms with Gasteiger partial charge in [-0.1, -0.05) is 19.1 Å². The van der Waals surface area contributed by atoms with Crippen molar-refractivity contribution in [3.63, 3.8) is 0 Å². The first kappa shape index (κ1) is 12.9. The van der Waals surface area contributed by atoms with Gasteiger partial charge in [-0.15, -0.1) is 11.3 Å². The predicted molar refractivity (Wildman–Crippen MR) is 79.6 cm³/mol. The molecule has 2 rings (SSSR count). The van der Waals surface area contributed by atoms with Gasteiger partial charge in [0, 0.05) is 16.6 Å². The lowest BCUT2D eigenvalue weighted by molar-refractivity contribution is 1.04. The zero-order valence-electron chi connectivity index (χ0n) is 10.2. The van der Waals surface area contributed by atoms with E-state index in [2.05, 4.69) is 29.1 Å². The molecule has 0 aliphatic carbocycles. The fourth-order valence-corrected chi connectivity index (χ4v) is 2.56. The molecule has 0 aliphatic heterocycles. The van der Waals surface area contributed by atoms with Gasteiger partial charge in [-0.3, -0.25) is 0 Å². The first-order chi connectivity index (χ1) is 8.60. The fourth-order valence-electron chi connectivity index (χ4n) is 1.53. The van der Waals surface area contributed by atoms with Crippen molar-refractivity contribution in [2.24, 2.45) is 5.73 Å². The van der Waals surface area contributed by atoms with Crippen LogP contribution < -0.4 is 11.1 Å². The van der Waals surface area contributed by atoms with E-state index < -0.39 is 0 Å². The monoisotopic (exact) mass is 278 g/mol. The van der Waals surface area contributed by atoms with Crippen molar-refractivity contribution < 1.29 is 0 Å². The summed E-state index contributed by atoms with van der Waals surface area (Å²) in [5.41, 5.74) is 7.41. The maximum absolute atomic E-state index is 5.52. The first-order valence-electron chi connectivity index (χ1n) is 5.59. The molecule has 0 bridgehead atoms. The van der Waals surface area contributed by atoms with E-state index in [9.17, 15) is 0 Å². The number of nitrogens with two attached hydrogens (primary N) is 1. The number of nitrogens with zero attached hydrogens (tertiary/aromatic N) is 2. The molecule has 0 saturated carbocycles. The van der Waals surface area contributed by atoms with Crippen LogP contribution in [0.5, 0.6) is 0 Å². The quantitative estimate of drug-likeness (QED) is 0.842. The predicted octanol–water partition coefficient (Wildman–Crippen LogP) is 2.79. The Labute approximate surface area is 115 Å². The molecule has 2 aromatic rings. The van der Waals surface area contributed by atoms with E-state index in [-0.39, 0.29) is 0 Å². The first-order valence-corrected chi connectivity index (χ1v) is 6.81. The van der Waals surface area contributed by atoms with Crippen molar-refractivity contribution in [1.82, 2.24) is 9.97 Å². The van der Waals surface area contributed by atoms with Gasteiger partial charge in [0.05, 0.1) is 5.69 Å². The number of aryl methyl sites for hydroxylation is 2. The Morgan fingerprint density at radius 1 is 1.50 bits per heavy atom. The molecule has 0 fully saturated rings. The summed E-state index contributed by atoms with van der Waals surface area (Å²) in [5, 5.41) is 4.04. The van der Waals surface area contributed by atoms with Crippen molar-refractivity contribution in [2.75, 3.05) is 5.32 Å². The average molecular weight is 278 g/mol. The van der Waals surface area contributed by atoms with Crippen LogP contribution in [0.25, 0.3) is 0 Å². The van der Waals surface area contributed by atoms with Gasteiger partial charge in [0.1, 0.15) is 10.8 Å². The zero-order chi connectivity index (χ0) is 13.1. The van der Waals surface area contributed by atoms with Crippen molar-refractivity contribution in [3.05, 3.63) is 34.5 Å². The lowest BCUT2D eigenvalue weighted by Gasteiger charge is -2.02. The molecule has 4 nitrogen and oxygen atoms in total. The molecule has 18 heavy (non-hydrogen) atoms. The standard InChI is InChI=1S/C12H14N4S2/c1-3-9-7(2)18-12(15-9)16-10-5-4-8(6-14-10)11(13)17/h4-6H,3H2,1-2H3,(H2,13,17)(H,14,15,16). The zero-order valence-corrected chi connectivity index (χ0v) is 11.9. The average Bonchev–Trinajstić information content (AvgIpc) is 2.70. The number of hydrogen-bond donors (Lipinski definition) is 2. The third-order valence-corrected chi connectivity index (χ3v) is 3.67. The van der Waals surface area contributed by atoms with Gasteiger partial charge in [0.25, 0.3) is 0 Å². The van der Waals surface area contributed by atoms with Crippen LogP contribution in [0.3, 0.4) is 0 Å². The van der Waals surface area contributed by atoms with Gasteiger partial charge in [-0.05, 0) is 25.5 Å². The Balaban J connectivity index is 2.15. The van der Waals surface area contributed by atoms with E-state index in [0.29, 0.717) is 4.99 Å². The molecule has 0 aliphatic rings. The Morgan fingerprint density at radius 2 is 2.28 bits per heavy atom. The van der Waals surface area contributed by atoms with Crippen molar-refractivity contribution in [3.8, 4) is 0 Å². The van der Waals surface area contributed by atoms with Crippen LogP contribution in [-0.2, 0) is 6.42 Å². The second-order valence-electron chi connectivity index (χ2n) is 3.80. The van der Waals surface area contributed by atoms with Crippen LogP contribution in [0.1, 0.15) is 23.1 Å². The van der Waals surface area contributed by atoms with Crippen molar-refractivity contribution in [2.45, 2.75) is 20.3 Å². The van der Waals surface area contributed by atoms with Crippen LogP contribution in [0.15, 0.2) is 18.3 Å². The largest absolute Gasteiger partial charge is 0.389 e. The number of thiazole rings is 1. The SMILES string of the molecule is CCc1nc(Nc2ccc(C(N)=S)cn2)sc1C. The highest BCUT2D eigenvalue weighted by Crippen LogP contribution is 2.24. The molecule has 0 spiro atoms. The van der Waals surface area contributed by atoms with Gasteiger partial charge < -0.3 is 11.1 Å². The molecule has 0 saturated heterocycles. The smallest absolute Gasteiger partial charge is 0.188 e. The summed E-state index contributed by atoms with van der Waals surface area (Å²) in [5.74, 6) is 0.742. The number of aromatic nitrogens is 2. The Morgan fingerprint density at radius 3 is 2.78 bits per heavy atom. The third-order valence-electron chi connectivity index (χ3n) is 2.51. The van der Waals surface area contributed by atoms with Gasteiger partial charge in [0.15, 0.2) is 5.13 Å². The summed E-state index contributed by atoms with van der Waals surface area (Å²) in [4.78, 5) is 10.3. The molecular formula is C12H14N4S2. The second-order valence-corrected chi connectivity index (χ2v) is 5.44. The van der Waals surface area contributed by atoms with Crippen LogP contribution in [-0.4, -0.2) is 15.0 Å². The minimum Gasteiger partial charge on any atom is -0.389 e. The molecule has 3 N–H and O–H groups in total. The van der Waals surface area contributed by atoms with Crippen LogP contribution in [0.2, 0.25) is 0 Å². The highest BCUT2D eigenvalue weighted by Gasteiger charge is 2.06. The van der Waals surface area contributed by atoms with Gasteiger partial charge in [0.2, 0.25) is 0 Å². The molecule has 0 atom stereocenters. The number of pyridine rings is 1. The summed E-state index contributed by atoms with van der Waals surface area (Å²) < 4.78 is 0. The summed E-state index contributed by atoms with van der Waals surface area (Å²) in [6.07, 6.45) is 2.60.